The highest BCUT2D eigenvalue weighted by Crippen LogP contribution is 2.35. The third-order valence-corrected chi connectivity index (χ3v) is 8.67. The summed E-state index contributed by atoms with van der Waals surface area (Å²) in [6, 6.07) is 12.4. The van der Waals surface area contributed by atoms with Gasteiger partial charge in [0.1, 0.15) is 4.83 Å². The van der Waals surface area contributed by atoms with Gasteiger partial charge in [-0.1, -0.05) is 33.8 Å². The number of thioether (sulfide) groups is 1. The highest BCUT2D eigenvalue weighted by molar-refractivity contribution is 9.10. The highest BCUT2D eigenvalue weighted by Gasteiger charge is 2.23. The number of hydrazone groups is 1. The quantitative estimate of drug-likeness (QED) is 0.133. The lowest BCUT2D eigenvalue weighted by Crippen LogP contribution is -2.24. The maximum absolute atomic E-state index is 13.8. The Labute approximate surface area is 229 Å². The van der Waals surface area contributed by atoms with Gasteiger partial charge in [0.2, 0.25) is 0 Å². The van der Waals surface area contributed by atoms with Gasteiger partial charge in [-0.3, -0.25) is 14.2 Å². The Morgan fingerprint density at radius 1 is 1.27 bits per heavy atom. The lowest BCUT2D eigenvalue weighted by Gasteiger charge is -2.13. The van der Waals surface area contributed by atoms with Crippen molar-refractivity contribution in [2.75, 3.05) is 12.9 Å². The smallest absolute Gasteiger partial charge is 0.267 e. The van der Waals surface area contributed by atoms with E-state index in [1.807, 2.05) is 24.3 Å². The van der Waals surface area contributed by atoms with Gasteiger partial charge in [-0.15, -0.1) is 11.3 Å². The molecular formula is C26H23BrN4O4S2. The maximum atomic E-state index is 13.8. The van der Waals surface area contributed by atoms with Gasteiger partial charge < -0.3 is 9.84 Å². The molecule has 190 valence electrons. The van der Waals surface area contributed by atoms with E-state index in [1.165, 1.54) is 30.0 Å². The molecule has 0 saturated heterocycles. The molecule has 0 radical (unpaired) electrons. The Morgan fingerprint density at radius 2 is 2.05 bits per heavy atom. The van der Waals surface area contributed by atoms with E-state index in [0.29, 0.717) is 27.5 Å². The molecule has 2 N–H and O–H groups in total. The second kappa shape index (κ2) is 11.1. The molecular weight excluding hydrogens is 576 g/mol. The van der Waals surface area contributed by atoms with Crippen LogP contribution in [0.1, 0.15) is 28.8 Å². The van der Waals surface area contributed by atoms with Crippen LogP contribution in [0, 0.1) is 0 Å². The maximum Gasteiger partial charge on any atom is 0.267 e. The van der Waals surface area contributed by atoms with Crippen LogP contribution in [0.2, 0.25) is 0 Å². The summed E-state index contributed by atoms with van der Waals surface area (Å²) >= 11 is 6.20. The predicted octanol–water partition coefficient (Wildman–Crippen LogP) is 5.05. The SMILES string of the molecule is COc1cccc(/C=N/NC(=O)CSc2nc3sc4c(c3c(=O)n2-c2ccc(Br)cc2)CCCC4)c1O. The number of nitrogens with one attached hydrogen (secondary N) is 1. The van der Waals surface area contributed by atoms with E-state index < -0.39 is 0 Å². The summed E-state index contributed by atoms with van der Waals surface area (Å²) in [5, 5.41) is 15.2. The van der Waals surface area contributed by atoms with Crippen molar-refractivity contribution in [2.24, 2.45) is 5.10 Å². The summed E-state index contributed by atoms with van der Waals surface area (Å²) in [5.74, 6) is -0.118. The summed E-state index contributed by atoms with van der Waals surface area (Å²) in [7, 11) is 1.46. The molecule has 0 bridgehead atoms. The van der Waals surface area contributed by atoms with E-state index in [0.717, 1.165) is 40.5 Å². The van der Waals surface area contributed by atoms with E-state index in [4.69, 9.17) is 9.72 Å². The van der Waals surface area contributed by atoms with Gasteiger partial charge >= 0.3 is 0 Å². The molecule has 2 heterocycles. The number of para-hydroxylation sites is 1. The van der Waals surface area contributed by atoms with Gasteiger partial charge in [0.15, 0.2) is 16.7 Å². The number of ether oxygens (including phenoxy) is 1. The van der Waals surface area contributed by atoms with Gasteiger partial charge in [0.05, 0.1) is 30.2 Å². The van der Waals surface area contributed by atoms with Crippen LogP contribution in [0.25, 0.3) is 15.9 Å². The number of benzene rings is 2. The number of methoxy groups -OCH3 is 1. The van der Waals surface area contributed by atoms with Crippen LogP contribution >= 0.6 is 39.0 Å². The first-order valence-corrected chi connectivity index (χ1v) is 14.2. The zero-order chi connectivity index (χ0) is 25.9. The zero-order valence-corrected chi connectivity index (χ0v) is 23.1. The molecule has 2 aromatic heterocycles. The van der Waals surface area contributed by atoms with Crippen LogP contribution in [0.4, 0.5) is 0 Å². The minimum atomic E-state index is -0.370. The van der Waals surface area contributed by atoms with Gasteiger partial charge in [0.25, 0.3) is 11.5 Å². The molecule has 8 nitrogen and oxygen atoms in total. The number of aryl methyl sites for hydroxylation is 2. The number of hydrogen-bond acceptors (Lipinski definition) is 8. The third-order valence-electron chi connectivity index (χ3n) is 6.02. The number of halogens is 1. The molecule has 0 atom stereocenters. The predicted molar refractivity (Wildman–Crippen MR) is 151 cm³/mol. The van der Waals surface area contributed by atoms with Crippen LogP contribution < -0.4 is 15.7 Å². The second-order valence-corrected chi connectivity index (χ2v) is 11.3. The average molecular weight is 600 g/mol. The fourth-order valence-corrected chi connectivity index (χ4v) is 6.62. The van der Waals surface area contributed by atoms with E-state index in [1.54, 1.807) is 34.1 Å². The average Bonchev–Trinajstić information content (AvgIpc) is 3.28. The molecule has 0 spiro atoms. The van der Waals surface area contributed by atoms with Crippen molar-refractivity contribution in [3.63, 3.8) is 0 Å². The number of fused-ring (bicyclic) bond motifs is 3. The van der Waals surface area contributed by atoms with Gasteiger partial charge in [-0.25, -0.2) is 10.4 Å². The summed E-state index contributed by atoms with van der Waals surface area (Å²) in [5.41, 5.74) is 4.57. The highest BCUT2D eigenvalue weighted by atomic mass is 79.9. The number of amides is 1. The van der Waals surface area contributed by atoms with Gasteiger partial charge in [-0.2, -0.15) is 5.10 Å². The number of carbonyl (C=O) groups is 1. The normalized spacial score (nSPS) is 13.1. The Kier molecular flexibility index (Phi) is 7.63. The second-order valence-electron chi connectivity index (χ2n) is 8.38. The monoisotopic (exact) mass is 598 g/mol. The molecule has 5 rings (SSSR count). The van der Waals surface area contributed by atoms with Crippen LogP contribution in [0.15, 0.2) is 62.0 Å². The summed E-state index contributed by atoms with van der Waals surface area (Å²) in [4.78, 5) is 33.1. The number of thiophene rings is 1. The molecule has 0 unspecified atom stereocenters. The fourth-order valence-electron chi connectivity index (χ4n) is 4.25. The molecule has 0 saturated carbocycles. The minimum Gasteiger partial charge on any atom is -0.504 e. The largest absolute Gasteiger partial charge is 0.504 e. The van der Waals surface area contributed by atoms with E-state index >= 15 is 0 Å². The van der Waals surface area contributed by atoms with E-state index in [9.17, 15) is 14.7 Å². The van der Waals surface area contributed by atoms with E-state index in [2.05, 4.69) is 26.5 Å². The molecule has 0 fully saturated rings. The molecule has 1 amide bonds. The van der Waals surface area contributed by atoms with Crippen molar-refractivity contribution in [1.82, 2.24) is 15.0 Å². The van der Waals surface area contributed by atoms with Gasteiger partial charge in [0, 0.05) is 14.9 Å². The summed E-state index contributed by atoms with van der Waals surface area (Å²) < 4.78 is 7.57. The standard InChI is InChI=1S/C26H23BrN4O4S2/c1-35-19-7-4-5-15(23(19)33)13-28-30-21(32)14-36-26-29-24-22(18-6-2-3-8-20(18)37-24)25(34)31(26)17-11-9-16(27)10-12-17/h4-5,7,9-13,33H,2-3,6,8,14H2,1H3,(H,30,32)/b28-13+. The lowest BCUT2D eigenvalue weighted by molar-refractivity contribution is -0.118. The first kappa shape index (κ1) is 25.5. The van der Waals surface area contributed by atoms with Crippen molar-refractivity contribution in [3.05, 3.63) is 73.3 Å². The number of nitrogens with zero attached hydrogens (tertiary/aromatic N) is 3. The van der Waals surface area contributed by atoms with Crippen LogP contribution in [-0.2, 0) is 17.6 Å². The number of rotatable bonds is 7. The van der Waals surface area contributed by atoms with Crippen LogP contribution in [0.5, 0.6) is 11.5 Å². The van der Waals surface area contributed by atoms with Crippen molar-refractivity contribution in [1.29, 1.82) is 0 Å². The van der Waals surface area contributed by atoms with Crippen molar-refractivity contribution in [2.45, 2.75) is 30.8 Å². The Balaban J connectivity index is 1.41. The molecule has 37 heavy (non-hydrogen) atoms. The first-order valence-electron chi connectivity index (χ1n) is 11.6. The topological polar surface area (TPSA) is 106 Å². The van der Waals surface area contributed by atoms with Crippen LogP contribution in [0.3, 0.4) is 0 Å². The number of phenolic OH excluding ortho intramolecular Hbond substituents is 1. The fraction of sp³-hybridized carbons (Fsp3) is 0.231. The number of aromatic nitrogens is 2. The molecule has 1 aliphatic rings. The summed E-state index contributed by atoms with van der Waals surface area (Å²) in [6.07, 6.45) is 5.40. The Hall–Kier alpha value is -3.15. The Bertz CT molecular complexity index is 1560. The number of phenols is 1. The van der Waals surface area contributed by atoms with Gasteiger partial charge in [-0.05, 0) is 67.6 Å². The van der Waals surface area contributed by atoms with E-state index in [-0.39, 0.29) is 23.0 Å². The van der Waals surface area contributed by atoms with Crippen LogP contribution in [-0.4, -0.2) is 39.6 Å². The summed E-state index contributed by atoms with van der Waals surface area (Å²) in [6.45, 7) is 0. The van der Waals surface area contributed by atoms with Crippen molar-refractivity contribution >= 4 is 61.4 Å². The lowest BCUT2D eigenvalue weighted by atomic mass is 9.97. The van der Waals surface area contributed by atoms with Crippen molar-refractivity contribution in [3.8, 4) is 17.2 Å². The number of carbonyl (C=O) groups excluding carboxylic acids is 1. The number of aromatic hydroxyl groups is 1. The molecule has 11 heteroatoms. The minimum absolute atomic E-state index is 0.000989. The molecule has 2 aromatic carbocycles. The molecule has 0 aliphatic heterocycles. The third kappa shape index (κ3) is 5.29. The molecule has 1 aliphatic carbocycles. The zero-order valence-electron chi connectivity index (χ0n) is 19.9. The first-order chi connectivity index (χ1) is 18.0. The molecule has 4 aromatic rings. The van der Waals surface area contributed by atoms with Crippen molar-refractivity contribution < 1.29 is 14.6 Å². The number of hydrogen-bond donors (Lipinski definition) is 2. The Morgan fingerprint density at radius 3 is 2.84 bits per heavy atom.